The minimum absolute atomic E-state index is 0.274. The molecule has 104 valence electrons. The summed E-state index contributed by atoms with van der Waals surface area (Å²) in [5.41, 5.74) is 0.967. The zero-order valence-electron chi connectivity index (χ0n) is 11.0. The van der Waals surface area contributed by atoms with E-state index in [4.69, 9.17) is 9.84 Å². The molecule has 3 rings (SSSR count). The molecular formula is C15H16N2O3. The van der Waals surface area contributed by atoms with E-state index in [2.05, 4.69) is 10.3 Å². The maximum absolute atomic E-state index is 11.2. The van der Waals surface area contributed by atoms with Gasteiger partial charge in [-0.2, -0.15) is 0 Å². The number of rotatable bonds is 3. The summed E-state index contributed by atoms with van der Waals surface area (Å²) in [6, 6.07) is 9.03. The van der Waals surface area contributed by atoms with E-state index in [0.29, 0.717) is 17.5 Å². The highest BCUT2D eigenvalue weighted by Gasteiger charge is 2.15. The standard InChI is InChI=1S/C15H16N2O3/c18-15(19)12-4-1-5-13-11(12)6-7-14(17-13)16-10-3-2-8-20-9-10/h1,4-7,10H,2-3,8-9H2,(H,16,17)(H,18,19). The molecule has 1 fully saturated rings. The third-order valence-electron chi connectivity index (χ3n) is 3.47. The molecule has 2 aromatic rings. The first-order chi connectivity index (χ1) is 9.74. The lowest BCUT2D eigenvalue weighted by Gasteiger charge is -2.23. The van der Waals surface area contributed by atoms with Gasteiger partial charge in [-0.1, -0.05) is 6.07 Å². The first kappa shape index (κ1) is 12.9. The van der Waals surface area contributed by atoms with Gasteiger partial charge in [-0.25, -0.2) is 9.78 Å². The Morgan fingerprint density at radius 2 is 2.25 bits per heavy atom. The molecule has 20 heavy (non-hydrogen) atoms. The summed E-state index contributed by atoms with van der Waals surface area (Å²) >= 11 is 0. The molecule has 0 bridgehead atoms. The molecule has 1 saturated heterocycles. The van der Waals surface area contributed by atoms with Crippen LogP contribution in [-0.4, -0.2) is 35.3 Å². The molecular weight excluding hydrogens is 256 g/mol. The number of hydrogen-bond donors (Lipinski definition) is 2. The Labute approximate surface area is 116 Å². The van der Waals surface area contributed by atoms with E-state index < -0.39 is 5.97 Å². The zero-order valence-corrected chi connectivity index (χ0v) is 11.0. The fourth-order valence-corrected chi connectivity index (χ4v) is 2.49. The number of fused-ring (bicyclic) bond motifs is 1. The first-order valence-electron chi connectivity index (χ1n) is 6.71. The van der Waals surface area contributed by atoms with Gasteiger partial charge in [-0.15, -0.1) is 0 Å². The number of nitrogens with zero attached hydrogens (tertiary/aromatic N) is 1. The van der Waals surface area contributed by atoms with Crippen molar-refractivity contribution in [3.63, 3.8) is 0 Å². The lowest BCUT2D eigenvalue weighted by molar-refractivity contribution is 0.0699. The largest absolute Gasteiger partial charge is 0.478 e. The van der Waals surface area contributed by atoms with E-state index in [9.17, 15) is 4.79 Å². The number of carbonyl (C=O) groups is 1. The van der Waals surface area contributed by atoms with Crippen LogP contribution < -0.4 is 5.32 Å². The summed E-state index contributed by atoms with van der Waals surface area (Å²) in [6.07, 6.45) is 2.11. The second kappa shape index (κ2) is 5.46. The molecule has 2 heterocycles. The lowest BCUT2D eigenvalue weighted by atomic mass is 10.1. The molecule has 0 saturated carbocycles. The third kappa shape index (κ3) is 2.58. The number of pyridine rings is 1. The predicted molar refractivity (Wildman–Crippen MR) is 76.2 cm³/mol. The van der Waals surface area contributed by atoms with Crippen molar-refractivity contribution in [2.45, 2.75) is 18.9 Å². The third-order valence-corrected chi connectivity index (χ3v) is 3.47. The van der Waals surface area contributed by atoms with E-state index in [0.717, 1.165) is 25.3 Å². The monoisotopic (exact) mass is 272 g/mol. The SMILES string of the molecule is O=C(O)c1cccc2nc(NC3CCCOC3)ccc12. The Bertz CT molecular complexity index is 636. The average Bonchev–Trinajstić information content (AvgIpc) is 2.47. The van der Waals surface area contributed by atoms with Gasteiger partial charge >= 0.3 is 5.97 Å². The molecule has 0 amide bonds. The van der Waals surface area contributed by atoms with Gasteiger partial charge in [0.05, 0.1) is 23.7 Å². The van der Waals surface area contributed by atoms with E-state index >= 15 is 0 Å². The molecule has 0 aliphatic carbocycles. The van der Waals surface area contributed by atoms with Gasteiger partial charge in [-0.3, -0.25) is 0 Å². The van der Waals surface area contributed by atoms with E-state index in [-0.39, 0.29) is 11.6 Å². The van der Waals surface area contributed by atoms with E-state index in [1.165, 1.54) is 0 Å². The van der Waals surface area contributed by atoms with Crippen LogP contribution in [0.4, 0.5) is 5.82 Å². The molecule has 2 N–H and O–H groups in total. The van der Waals surface area contributed by atoms with Crippen molar-refractivity contribution in [1.82, 2.24) is 4.98 Å². The molecule has 0 spiro atoms. The molecule has 1 aromatic heterocycles. The van der Waals surface area contributed by atoms with Gasteiger partial charge in [0.15, 0.2) is 0 Å². The van der Waals surface area contributed by atoms with Gasteiger partial charge in [-0.05, 0) is 37.1 Å². The van der Waals surface area contributed by atoms with Gasteiger partial charge in [0.25, 0.3) is 0 Å². The van der Waals surface area contributed by atoms with Crippen LogP contribution in [0.1, 0.15) is 23.2 Å². The number of benzene rings is 1. The van der Waals surface area contributed by atoms with Crippen LogP contribution in [0.2, 0.25) is 0 Å². The maximum Gasteiger partial charge on any atom is 0.336 e. The molecule has 0 radical (unpaired) electrons. The predicted octanol–water partition coefficient (Wildman–Crippen LogP) is 2.52. The van der Waals surface area contributed by atoms with Crippen LogP contribution in [0.5, 0.6) is 0 Å². The number of aromatic nitrogens is 1. The molecule has 1 unspecified atom stereocenters. The van der Waals surface area contributed by atoms with Gasteiger partial charge in [0.1, 0.15) is 5.82 Å². The number of nitrogens with one attached hydrogen (secondary N) is 1. The molecule has 1 aromatic carbocycles. The fraction of sp³-hybridized carbons (Fsp3) is 0.333. The van der Waals surface area contributed by atoms with Crippen molar-refractivity contribution in [2.24, 2.45) is 0 Å². The highest BCUT2D eigenvalue weighted by Crippen LogP contribution is 2.21. The Hall–Kier alpha value is -2.14. The van der Waals surface area contributed by atoms with E-state index in [1.54, 1.807) is 18.2 Å². The maximum atomic E-state index is 11.2. The quantitative estimate of drug-likeness (QED) is 0.898. The van der Waals surface area contributed by atoms with Gasteiger partial charge in [0.2, 0.25) is 0 Å². The average molecular weight is 272 g/mol. The second-order valence-corrected chi connectivity index (χ2v) is 4.93. The minimum atomic E-state index is -0.932. The zero-order chi connectivity index (χ0) is 13.9. The summed E-state index contributed by atoms with van der Waals surface area (Å²) in [6.45, 7) is 1.51. The lowest BCUT2D eigenvalue weighted by Crippen LogP contribution is -2.30. The Morgan fingerprint density at radius 3 is 3.00 bits per heavy atom. The van der Waals surface area contributed by atoms with Crippen LogP contribution in [0.15, 0.2) is 30.3 Å². The second-order valence-electron chi connectivity index (χ2n) is 4.93. The van der Waals surface area contributed by atoms with Crippen LogP contribution >= 0.6 is 0 Å². The van der Waals surface area contributed by atoms with Crippen LogP contribution in [0.25, 0.3) is 10.9 Å². The number of anilines is 1. The van der Waals surface area contributed by atoms with Crippen molar-refractivity contribution in [3.05, 3.63) is 35.9 Å². The van der Waals surface area contributed by atoms with Gasteiger partial charge in [0, 0.05) is 12.0 Å². The van der Waals surface area contributed by atoms with Crippen LogP contribution in [-0.2, 0) is 4.74 Å². The molecule has 1 atom stereocenters. The van der Waals surface area contributed by atoms with Crippen molar-refractivity contribution in [3.8, 4) is 0 Å². The van der Waals surface area contributed by atoms with Crippen LogP contribution in [0, 0.1) is 0 Å². The molecule has 1 aliphatic rings. The van der Waals surface area contributed by atoms with Crippen molar-refractivity contribution in [1.29, 1.82) is 0 Å². The summed E-state index contributed by atoms with van der Waals surface area (Å²) in [5.74, 6) is -0.172. The minimum Gasteiger partial charge on any atom is -0.478 e. The number of hydrogen-bond acceptors (Lipinski definition) is 4. The number of aromatic carboxylic acids is 1. The topological polar surface area (TPSA) is 71.5 Å². The number of carboxylic acids is 1. The number of ether oxygens (including phenoxy) is 1. The Kier molecular flexibility index (Phi) is 3.52. The Morgan fingerprint density at radius 1 is 1.35 bits per heavy atom. The summed E-state index contributed by atoms with van der Waals surface area (Å²) in [7, 11) is 0. The molecule has 5 nitrogen and oxygen atoms in total. The van der Waals surface area contributed by atoms with Gasteiger partial charge < -0.3 is 15.2 Å². The van der Waals surface area contributed by atoms with Crippen LogP contribution in [0.3, 0.4) is 0 Å². The van der Waals surface area contributed by atoms with Crippen molar-refractivity contribution < 1.29 is 14.6 Å². The molecule has 5 heteroatoms. The molecule has 1 aliphatic heterocycles. The highest BCUT2D eigenvalue weighted by atomic mass is 16.5. The van der Waals surface area contributed by atoms with Crippen molar-refractivity contribution >= 4 is 22.7 Å². The fourth-order valence-electron chi connectivity index (χ4n) is 2.49. The highest BCUT2D eigenvalue weighted by molar-refractivity contribution is 6.02. The van der Waals surface area contributed by atoms with Crippen molar-refractivity contribution in [2.75, 3.05) is 18.5 Å². The summed E-state index contributed by atoms with van der Waals surface area (Å²) in [4.78, 5) is 15.6. The summed E-state index contributed by atoms with van der Waals surface area (Å²) < 4.78 is 5.42. The smallest absolute Gasteiger partial charge is 0.336 e. The Balaban J connectivity index is 1.89. The number of carboxylic acid groups (broad SMARTS) is 1. The van der Waals surface area contributed by atoms with E-state index in [1.807, 2.05) is 12.1 Å². The normalized spacial score (nSPS) is 18.9. The first-order valence-corrected chi connectivity index (χ1v) is 6.71. The summed E-state index contributed by atoms with van der Waals surface area (Å²) in [5, 5.41) is 13.1.